The predicted molar refractivity (Wildman–Crippen MR) is 167 cm³/mol. The molecular weight excluding hydrogens is 608 g/mol. The number of aliphatic hydroxyl groups is 1. The van der Waals surface area contributed by atoms with E-state index in [1.807, 2.05) is 0 Å². The van der Waals surface area contributed by atoms with E-state index in [4.69, 9.17) is 5.73 Å². The van der Waals surface area contributed by atoms with E-state index in [1.165, 1.54) is 47.4 Å². The van der Waals surface area contributed by atoms with Gasteiger partial charge in [-0.05, 0) is 39.2 Å². The number of pyridine rings is 1. The van der Waals surface area contributed by atoms with Crippen LogP contribution in [-0.2, 0) is 24.8 Å². The molecule has 4 heterocycles. The third-order valence-electron chi connectivity index (χ3n) is 8.65. The third-order valence-corrected chi connectivity index (χ3v) is 8.65. The zero-order valence-electron chi connectivity index (χ0n) is 26.5. The third kappa shape index (κ3) is 7.53. The Morgan fingerprint density at radius 2 is 1.81 bits per heavy atom. The van der Waals surface area contributed by atoms with E-state index >= 15 is 0 Å². The maximum Gasteiger partial charge on any atom is 0.287 e. The number of aliphatic imine (C=N–C) groups is 1. The van der Waals surface area contributed by atoms with Gasteiger partial charge in [0.05, 0.1) is 29.5 Å². The van der Waals surface area contributed by atoms with Crippen LogP contribution < -0.4 is 11.1 Å². The number of hydrogen-bond acceptors (Lipinski definition) is 11. The van der Waals surface area contributed by atoms with Gasteiger partial charge < -0.3 is 21.1 Å². The van der Waals surface area contributed by atoms with Crippen LogP contribution in [0.5, 0.6) is 0 Å². The highest BCUT2D eigenvalue weighted by molar-refractivity contribution is 6.41. The van der Waals surface area contributed by atoms with Crippen LogP contribution in [0.4, 0.5) is 0 Å². The van der Waals surface area contributed by atoms with Gasteiger partial charge in [-0.3, -0.25) is 29.0 Å². The molecule has 47 heavy (non-hydrogen) atoms. The molecule has 1 saturated heterocycles. The molecule has 4 N–H and O–H groups in total. The SMILES string of the molecule is CC(NC(=O)[C@@H]1C[C@H](n2nncc2C(C)(C)O)CN1C(=O)C(CC1CCCCC1)=NC(=O)c1cnc2nccnc2c1)C(=O)C(N)=O. The topological polar surface area (TPSA) is 229 Å². The standard InChI is InChI=1S/C31H38N10O6/c1-17(25(42)26(32)43)37-29(45)23-13-20(41-24(15-36-39-41)31(2,3)47)16-40(23)30(46)22(11-18-7-5-4-6-8-18)38-28(44)19-12-21-27(35-14-19)34-10-9-33-21/h9-10,12,14-15,17-18,20,23,47H,4-8,11,13,16H2,1-3H3,(H2,32,43)(H,37,45)/t17?,20-,23-/m0/s1. The molecule has 4 amide bonds. The minimum absolute atomic E-state index is 0.0119. The van der Waals surface area contributed by atoms with Gasteiger partial charge >= 0.3 is 0 Å². The van der Waals surface area contributed by atoms with E-state index in [0.717, 1.165) is 32.1 Å². The molecule has 248 valence electrons. The number of nitrogens with one attached hydrogen (secondary N) is 1. The summed E-state index contributed by atoms with van der Waals surface area (Å²) in [5.41, 5.74) is 5.02. The van der Waals surface area contributed by atoms with Crippen molar-refractivity contribution < 1.29 is 29.1 Å². The lowest BCUT2D eigenvalue weighted by molar-refractivity contribution is -0.139. The Labute approximate surface area is 270 Å². The van der Waals surface area contributed by atoms with Crippen LogP contribution in [-0.4, -0.2) is 93.7 Å². The van der Waals surface area contributed by atoms with Gasteiger partial charge in [-0.1, -0.05) is 37.3 Å². The molecule has 16 nitrogen and oxygen atoms in total. The number of fused-ring (bicyclic) bond motifs is 1. The second kappa shape index (κ2) is 13.8. The maximum atomic E-state index is 14.4. The molecular formula is C31H38N10O6. The quantitative estimate of drug-likeness (QED) is 0.206. The second-order valence-corrected chi connectivity index (χ2v) is 12.6. The van der Waals surface area contributed by atoms with Gasteiger partial charge in [0.25, 0.3) is 17.7 Å². The summed E-state index contributed by atoms with van der Waals surface area (Å²) in [6.07, 6.45) is 10.7. The molecule has 1 saturated carbocycles. The molecule has 3 aromatic heterocycles. The van der Waals surface area contributed by atoms with Crippen LogP contribution in [0.2, 0.25) is 0 Å². The largest absolute Gasteiger partial charge is 0.384 e. The zero-order chi connectivity index (χ0) is 33.9. The van der Waals surface area contributed by atoms with Gasteiger partial charge in [-0.2, -0.15) is 0 Å². The Bertz CT molecular complexity index is 1720. The minimum atomic E-state index is -1.33. The Balaban J connectivity index is 1.50. The van der Waals surface area contributed by atoms with Crippen LogP contribution in [0, 0.1) is 5.92 Å². The van der Waals surface area contributed by atoms with E-state index in [0.29, 0.717) is 16.9 Å². The van der Waals surface area contributed by atoms with E-state index in [2.05, 4.69) is 35.6 Å². The monoisotopic (exact) mass is 646 g/mol. The lowest BCUT2D eigenvalue weighted by Gasteiger charge is -2.27. The minimum Gasteiger partial charge on any atom is -0.384 e. The second-order valence-electron chi connectivity index (χ2n) is 12.6. The van der Waals surface area contributed by atoms with Crippen LogP contribution in [0.15, 0.2) is 35.8 Å². The highest BCUT2D eigenvalue weighted by Crippen LogP contribution is 2.33. The molecule has 2 aliphatic rings. The van der Waals surface area contributed by atoms with Crippen LogP contribution in [0.1, 0.15) is 87.8 Å². The number of ketones is 1. The average Bonchev–Trinajstić information content (AvgIpc) is 3.72. The van der Waals surface area contributed by atoms with Crippen molar-refractivity contribution in [2.45, 2.75) is 89.4 Å². The molecule has 1 unspecified atom stereocenters. The van der Waals surface area contributed by atoms with E-state index in [1.54, 1.807) is 13.8 Å². The molecule has 5 rings (SSSR count). The molecule has 3 atom stereocenters. The summed E-state index contributed by atoms with van der Waals surface area (Å²) in [7, 11) is 0. The van der Waals surface area contributed by atoms with Crippen molar-refractivity contribution in [3.05, 3.63) is 42.1 Å². The van der Waals surface area contributed by atoms with E-state index in [9.17, 15) is 29.1 Å². The fourth-order valence-electron chi connectivity index (χ4n) is 6.18. The number of primary amides is 1. The number of carbonyl (C=O) groups is 5. The van der Waals surface area contributed by atoms with Crippen molar-refractivity contribution in [1.82, 2.24) is 40.2 Å². The molecule has 0 bridgehead atoms. The van der Waals surface area contributed by atoms with Crippen LogP contribution in [0.25, 0.3) is 11.2 Å². The summed E-state index contributed by atoms with van der Waals surface area (Å²) in [6, 6.07) is -1.48. The Kier molecular flexibility index (Phi) is 9.79. The van der Waals surface area contributed by atoms with Crippen molar-refractivity contribution in [3.8, 4) is 0 Å². The zero-order valence-corrected chi connectivity index (χ0v) is 26.5. The first kappa shape index (κ1) is 33.4. The van der Waals surface area contributed by atoms with Gasteiger partial charge in [0, 0.05) is 31.6 Å². The van der Waals surface area contributed by atoms with Crippen molar-refractivity contribution in [2.24, 2.45) is 16.6 Å². The predicted octanol–water partition coefficient (Wildman–Crippen LogP) is 0.797. The molecule has 0 radical (unpaired) electrons. The normalized spacial score (nSPS) is 19.8. The van der Waals surface area contributed by atoms with E-state index in [-0.39, 0.29) is 36.6 Å². The Morgan fingerprint density at radius 3 is 2.51 bits per heavy atom. The maximum absolute atomic E-state index is 14.4. The molecule has 1 aliphatic heterocycles. The first-order chi connectivity index (χ1) is 22.3. The first-order valence-corrected chi connectivity index (χ1v) is 15.6. The highest BCUT2D eigenvalue weighted by atomic mass is 16.3. The first-order valence-electron chi connectivity index (χ1n) is 15.6. The molecule has 0 aromatic carbocycles. The van der Waals surface area contributed by atoms with Gasteiger partial charge in [-0.15, -0.1) is 5.10 Å². The number of rotatable bonds is 10. The number of nitrogens with two attached hydrogens (primary N) is 1. The Hall–Kier alpha value is -4.99. The number of hydrogen-bond donors (Lipinski definition) is 3. The van der Waals surface area contributed by atoms with Crippen molar-refractivity contribution in [2.75, 3.05) is 6.54 Å². The molecule has 2 fully saturated rings. The van der Waals surface area contributed by atoms with E-state index < -0.39 is 53.1 Å². The number of carbonyl (C=O) groups excluding carboxylic acids is 5. The van der Waals surface area contributed by atoms with Crippen LogP contribution in [0.3, 0.4) is 0 Å². The summed E-state index contributed by atoms with van der Waals surface area (Å²) < 4.78 is 1.47. The summed E-state index contributed by atoms with van der Waals surface area (Å²) in [4.78, 5) is 83.4. The lowest BCUT2D eigenvalue weighted by Crippen LogP contribution is -2.52. The van der Waals surface area contributed by atoms with Gasteiger partial charge in [0.1, 0.15) is 22.9 Å². The molecule has 1 aliphatic carbocycles. The summed E-state index contributed by atoms with van der Waals surface area (Å²) in [6.45, 7) is 4.42. The van der Waals surface area contributed by atoms with Crippen LogP contribution >= 0.6 is 0 Å². The number of nitrogens with zero attached hydrogens (tertiary/aromatic N) is 8. The Morgan fingerprint density at radius 1 is 1.09 bits per heavy atom. The lowest BCUT2D eigenvalue weighted by atomic mass is 9.85. The number of likely N-dealkylation sites (tertiary alicyclic amines) is 1. The number of Topliss-reactive ketones (excluding diaryl/α,β-unsaturated/α-hetero) is 1. The summed E-state index contributed by atoms with van der Waals surface area (Å²) in [5.74, 6) is -4.11. The molecule has 0 spiro atoms. The van der Waals surface area contributed by atoms with Gasteiger partial charge in [0.15, 0.2) is 5.65 Å². The molecule has 3 aromatic rings. The van der Waals surface area contributed by atoms with Gasteiger partial charge in [0.2, 0.25) is 11.7 Å². The van der Waals surface area contributed by atoms with Crippen molar-refractivity contribution in [1.29, 1.82) is 0 Å². The van der Waals surface area contributed by atoms with Crippen molar-refractivity contribution in [3.63, 3.8) is 0 Å². The fraction of sp³-hybridized carbons (Fsp3) is 0.516. The number of aromatic nitrogens is 6. The average molecular weight is 647 g/mol. The fourth-order valence-corrected chi connectivity index (χ4v) is 6.18. The molecule has 16 heteroatoms. The summed E-state index contributed by atoms with van der Waals surface area (Å²) in [5, 5.41) is 21.3. The van der Waals surface area contributed by atoms with Crippen molar-refractivity contribution >= 4 is 46.3 Å². The summed E-state index contributed by atoms with van der Waals surface area (Å²) >= 11 is 0. The highest BCUT2D eigenvalue weighted by Gasteiger charge is 2.44. The van der Waals surface area contributed by atoms with Gasteiger partial charge in [-0.25, -0.2) is 19.6 Å². The smallest absolute Gasteiger partial charge is 0.287 e. The number of amides is 4.